The largest absolute Gasteiger partial charge is 0.371 e. The van der Waals surface area contributed by atoms with Crippen molar-refractivity contribution in [1.82, 2.24) is 45.5 Å². The number of amides is 3. The Morgan fingerprint density at radius 2 is 1.59 bits per heavy atom. The quantitative estimate of drug-likeness (QED) is 0.173. The third kappa shape index (κ3) is 8.82. The van der Waals surface area contributed by atoms with Crippen LogP contribution in [0.3, 0.4) is 0 Å². The molecular weight excluding hydrogens is 816 g/mol. The number of carbonyl (C=O) groups is 3. The third-order valence-corrected chi connectivity index (χ3v) is 12.7. The van der Waals surface area contributed by atoms with Gasteiger partial charge in [-0.1, -0.05) is 5.16 Å². The summed E-state index contributed by atoms with van der Waals surface area (Å²) in [5.41, 5.74) is 7.22. The van der Waals surface area contributed by atoms with E-state index in [1.165, 1.54) is 5.69 Å². The molecule has 5 aromatic rings. The van der Waals surface area contributed by atoms with Gasteiger partial charge in [-0.25, -0.2) is 9.97 Å². The fourth-order valence-electron chi connectivity index (χ4n) is 8.78. The van der Waals surface area contributed by atoms with Crippen molar-refractivity contribution in [3.05, 3.63) is 76.5 Å². The van der Waals surface area contributed by atoms with E-state index in [1.54, 1.807) is 12.3 Å². The zero-order valence-corrected chi connectivity index (χ0v) is 34.8. The van der Waals surface area contributed by atoms with Gasteiger partial charge in [-0.3, -0.25) is 34.5 Å². The number of aromatic nitrogens is 5. The third-order valence-electron chi connectivity index (χ3n) is 12.1. The average molecular weight is 866 g/mol. The Bertz CT molecular complexity index is 2310. The zero-order chi connectivity index (χ0) is 40.5. The van der Waals surface area contributed by atoms with Crippen LogP contribution in [0.15, 0.2) is 63.9 Å². The van der Waals surface area contributed by atoms with E-state index in [0.29, 0.717) is 18.0 Å². The number of H-pyrrole nitrogens is 1. The van der Waals surface area contributed by atoms with Crippen LogP contribution >= 0.6 is 15.9 Å². The highest BCUT2D eigenvalue weighted by atomic mass is 79.9. The Labute approximate surface area is 350 Å². The number of aromatic amines is 1. The predicted molar refractivity (Wildman–Crippen MR) is 227 cm³/mol. The van der Waals surface area contributed by atoms with E-state index in [-0.39, 0.29) is 18.0 Å². The minimum Gasteiger partial charge on any atom is -0.371 e. The lowest BCUT2D eigenvalue weighted by Crippen LogP contribution is -2.52. The Morgan fingerprint density at radius 3 is 2.32 bits per heavy atom. The van der Waals surface area contributed by atoms with Gasteiger partial charge in [0.15, 0.2) is 5.65 Å². The van der Waals surface area contributed by atoms with Crippen molar-refractivity contribution in [1.29, 1.82) is 0 Å². The Balaban J connectivity index is 0.745. The van der Waals surface area contributed by atoms with Gasteiger partial charge in [0.2, 0.25) is 11.8 Å². The van der Waals surface area contributed by atoms with E-state index in [2.05, 4.69) is 95.4 Å². The van der Waals surface area contributed by atoms with E-state index in [0.717, 1.165) is 136 Å². The van der Waals surface area contributed by atoms with Gasteiger partial charge in [0.25, 0.3) is 5.91 Å². The van der Waals surface area contributed by atoms with Crippen LogP contribution in [0.4, 0.5) is 17.1 Å². The number of rotatable bonds is 10. The SMILES string of the molecule is Cc1cc(CN2CCN(c3c(Br)cnc4nc(-c5ccc(N6CCN(CC7CCN(c8ccnc(C(=O)N[C@H]9CCC(=O)NC9=O)c8)CC7)CC6)cc5)[nH]c34)CC2)no1. The molecule has 0 unspecified atom stereocenters. The summed E-state index contributed by atoms with van der Waals surface area (Å²) in [4.78, 5) is 66.1. The van der Waals surface area contributed by atoms with Gasteiger partial charge in [-0.15, -0.1) is 0 Å². The summed E-state index contributed by atoms with van der Waals surface area (Å²) in [6, 6.07) is 13.7. The number of imide groups is 1. The van der Waals surface area contributed by atoms with E-state index in [4.69, 9.17) is 9.51 Å². The minimum atomic E-state index is -0.728. The first-order chi connectivity index (χ1) is 28.7. The number of imidazole rings is 1. The number of fused-ring (bicyclic) bond motifs is 1. The molecule has 9 rings (SSSR count). The zero-order valence-electron chi connectivity index (χ0n) is 33.2. The number of halogens is 1. The Morgan fingerprint density at radius 1 is 0.864 bits per heavy atom. The standard InChI is InChI=1S/C42H49BrN12O4/c1-27-22-30(50-59-27)26-52-16-20-55(21-17-52)38-33(43)24-45-40-37(38)48-39(49-40)29-2-4-31(5-3-29)54-18-14-51(15-19-54)25-28-9-12-53(13-10-28)32-8-11-44-35(23-32)42(58)46-34-6-7-36(56)47-41(34)57/h2-5,8,11,22-24,28,34H,6-7,9-10,12-21,25-26H2,1H3,(H,46,58)(H,45,48,49)(H,47,56,57)/t34-/m0/s1. The maximum absolute atomic E-state index is 12.9. The Hall–Kier alpha value is -5.39. The van der Waals surface area contributed by atoms with Gasteiger partial charge < -0.3 is 29.5 Å². The minimum absolute atomic E-state index is 0.208. The first-order valence-electron chi connectivity index (χ1n) is 20.6. The van der Waals surface area contributed by atoms with Crippen molar-refractivity contribution in [2.75, 3.05) is 86.7 Å². The van der Waals surface area contributed by atoms with Gasteiger partial charge in [-0.2, -0.15) is 0 Å². The van der Waals surface area contributed by atoms with Crippen LogP contribution in [0.25, 0.3) is 22.6 Å². The fraction of sp³-hybridized carbons (Fsp3) is 0.452. The molecule has 4 aliphatic heterocycles. The van der Waals surface area contributed by atoms with Crippen LogP contribution in [0.2, 0.25) is 0 Å². The molecule has 1 atom stereocenters. The molecule has 8 heterocycles. The van der Waals surface area contributed by atoms with Gasteiger partial charge in [0.1, 0.15) is 28.8 Å². The first-order valence-corrected chi connectivity index (χ1v) is 21.4. The number of anilines is 3. The second-order valence-electron chi connectivity index (χ2n) is 16.1. The molecule has 0 aliphatic carbocycles. The van der Waals surface area contributed by atoms with Crippen molar-refractivity contribution in [2.24, 2.45) is 5.92 Å². The van der Waals surface area contributed by atoms with Gasteiger partial charge >= 0.3 is 0 Å². The summed E-state index contributed by atoms with van der Waals surface area (Å²) in [5.74, 6) is 1.08. The highest BCUT2D eigenvalue weighted by Crippen LogP contribution is 2.35. The normalized spacial score (nSPS) is 20.0. The van der Waals surface area contributed by atoms with Crippen LogP contribution in [0, 0.1) is 12.8 Å². The smallest absolute Gasteiger partial charge is 0.270 e. The number of aryl methyl sites for hydroxylation is 1. The van der Waals surface area contributed by atoms with Crippen LogP contribution in [-0.4, -0.2) is 131 Å². The average Bonchev–Trinajstić information content (AvgIpc) is 3.88. The number of pyridine rings is 2. The number of benzene rings is 1. The van der Waals surface area contributed by atoms with Crippen LogP contribution in [0.5, 0.6) is 0 Å². The second-order valence-corrected chi connectivity index (χ2v) is 16.9. The highest BCUT2D eigenvalue weighted by molar-refractivity contribution is 9.10. The summed E-state index contributed by atoms with van der Waals surface area (Å²) in [6.07, 6.45) is 6.17. The number of nitrogens with one attached hydrogen (secondary N) is 3. The fourth-order valence-corrected chi connectivity index (χ4v) is 9.33. The van der Waals surface area contributed by atoms with E-state index in [9.17, 15) is 14.4 Å². The monoisotopic (exact) mass is 864 g/mol. The summed E-state index contributed by atoms with van der Waals surface area (Å²) in [5, 5.41) is 9.18. The van der Waals surface area contributed by atoms with E-state index in [1.807, 2.05) is 25.3 Å². The number of piperidine rings is 2. The molecule has 3 amide bonds. The number of piperazine rings is 2. The van der Waals surface area contributed by atoms with Gasteiger partial charge in [0, 0.05) is 120 Å². The second kappa shape index (κ2) is 17.1. The lowest BCUT2D eigenvalue weighted by atomic mass is 9.95. The number of hydrogen-bond acceptors (Lipinski definition) is 13. The maximum Gasteiger partial charge on any atom is 0.270 e. The predicted octanol–water partition coefficient (Wildman–Crippen LogP) is 3.97. The highest BCUT2D eigenvalue weighted by Gasteiger charge is 2.30. The molecule has 4 aliphatic rings. The van der Waals surface area contributed by atoms with E-state index < -0.39 is 17.9 Å². The van der Waals surface area contributed by atoms with Crippen molar-refractivity contribution in [3.63, 3.8) is 0 Å². The summed E-state index contributed by atoms with van der Waals surface area (Å²) >= 11 is 3.78. The Kier molecular flexibility index (Phi) is 11.3. The first kappa shape index (κ1) is 39.1. The number of hydrogen-bond donors (Lipinski definition) is 3. The van der Waals surface area contributed by atoms with Crippen molar-refractivity contribution in [3.8, 4) is 11.4 Å². The van der Waals surface area contributed by atoms with Gasteiger partial charge in [-0.05, 0) is 84.4 Å². The molecule has 308 valence electrons. The molecule has 0 spiro atoms. The van der Waals surface area contributed by atoms with Crippen LogP contribution < -0.4 is 25.3 Å². The summed E-state index contributed by atoms with van der Waals surface area (Å²) in [6.45, 7) is 13.3. The summed E-state index contributed by atoms with van der Waals surface area (Å²) in [7, 11) is 0. The number of nitrogens with zero attached hydrogens (tertiary/aromatic N) is 9. The molecule has 0 radical (unpaired) electrons. The molecule has 0 saturated carbocycles. The molecule has 59 heavy (non-hydrogen) atoms. The van der Waals surface area contributed by atoms with Gasteiger partial charge in [0.05, 0.1) is 15.9 Å². The molecule has 4 aromatic heterocycles. The molecule has 16 nitrogen and oxygen atoms in total. The molecule has 3 N–H and O–H groups in total. The summed E-state index contributed by atoms with van der Waals surface area (Å²) < 4.78 is 6.22. The molecule has 0 bridgehead atoms. The molecule has 4 saturated heterocycles. The lowest BCUT2D eigenvalue weighted by Gasteiger charge is -2.40. The topological polar surface area (TPSA) is 172 Å². The molecule has 17 heteroatoms. The van der Waals surface area contributed by atoms with Crippen molar-refractivity contribution in [2.45, 2.75) is 45.2 Å². The maximum atomic E-state index is 12.9. The van der Waals surface area contributed by atoms with Crippen molar-refractivity contribution >= 4 is 61.9 Å². The lowest BCUT2D eigenvalue weighted by molar-refractivity contribution is -0.134. The van der Waals surface area contributed by atoms with Crippen LogP contribution in [-0.2, 0) is 16.1 Å². The molecular formula is C42H49BrN12O4. The van der Waals surface area contributed by atoms with E-state index >= 15 is 0 Å². The van der Waals surface area contributed by atoms with Crippen molar-refractivity contribution < 1.29 is 18.9 Å². The molecule has 1 aromatic carbocycles. The number of carbonyl (C=O) groups excluding carboxylic acids is 3. The molecule has 4 fully saturated rings. The van der Waals surface area contributed by atoms with Crippen LogP contribution in [0.1, 0.15) is 47.6 Å².